The largest absolute Gasteiger partial charge is 0.313 e. The van der Waals surface area contributed by atoms with Crippen molar-refractivity contribution in [2.24, 2.45) is 0 Å². The van der Waals surface area contributed by atoms with Crippen molar-refractivity contribution in [3.63, 3.8) is 0 Å². The standard InChI is InChI=1S/C13H20ClNO2S2/c1-18-9-4-3-8-15-10-11-12(14)6-5-7-13(11)19(2,16)17/h5-7,15H,3-4,8-10H2,1-2H3. The van der Waals surface area contributed by atoms with E-state index in [2.05, 4.69) is 11.6 Å². The van der Waals surface area contributed by atoms with Crippen molar-refractivity contribution < 1.29 is 8.42 Å². The Morgan fingerprint density at radius 2 is 2.05 bits per heavy atom. The highest BCUT2D eigenvalue weighted by Gasteiger charge is 2.15. The molecule has 0 aliphatic rings. The van der Waals surface area contributed by atoms with Gasteiger partial charge in [0.05, 0.1) is 4.90 Å². The van der Waals surface area contributed by atoms with Crippen molar-refractivity contribution in [2.45, 2.75) is 24.3 Å². The van der Waals surface area contributed by atoms with Crippen molar-refractivity contribution in [3.05, 3.63) is 28.8 Å². The number of rotatable bonds is 8. The van der Waals surface area contributed by atoms with Crippen LogP contribution in [-0.2, 0) is 16.4 Å². The van der Waals surface area contributed by atoms with Crippen molar-refractivity contribution in [2.75, 3.05) is 24.8 Å². The predicted octanol–water partition coefficient (Wildman–Crippen LogP) is 2.98. The van der Waals surface area contributed by atoms with Gasteiger partial charge in [-0.1, -0.05) is 17.7 Å². The SMILES string of the molecule is CSCCCCNCc1c(Cl)cccc1S(C)(=O)=O. The third-order valence-corrected chi connectivity index (χ3v) is 4.96. The maximum absolute atomic E-state index is 11.7. The highest BCUT2D eigenvalue weighted by atomic mass is 35.5. The number of unbranched alkanes of at least 4 members (excludes halogenated alkanes) is 1. The average molecular weight is 322 g/mol. The second-order valence-corrected chi connectivity index (χ2v) is 7.74. The van der Waals surface area contributed by atoms with Crippen molar-refractivity contribution in [1.82, 2.24) is 5.32 Å². The number of nitrogens with one attached hydrogen (secondary N) is 1. The Kier molecular flexibility index (Phi) is 7.21. The van der Waals surface area contributed by atoms with Crippen LogP contribution in [0.2, 0.25) is 5.02 Å². The van der Waals surface area contributed by atoms with Gasteiger partial charge in [-0.3, -0.25) is 0 Å². The van der Waals surface area contributed by atoms with Gasteiger partial charge in [0.1, 0.15) is 0 Å². The zero-order valence-corrected chi connectivity index (χ0v) is 13.7. The van der Waals surface area contributed by atoms with Crippen LogP contribution in [0, 0.1) is 0 Å². The summed E-state index contributed by atoms with van der Waals surface area (Å²) in [7, 11) is -3.24. The minimum Gasteiger partial charge on any atom is -0.313 e. The van der Waals surface area contributed by atoms with Gasteiger partial charge in [0.15, 0.2) is 9.84 Å². The van der Waals surface area contributed by atoms with Crippen molar-refractivity contribution in [3.8, 4) is 0 Å². The summed E-state index contributed by atoms with van der Waals surface area (Å²) in [5.74, 6) is 1.16. The monoisotopic (exact) mass is 321 g/mol. The minimum absolute atomic E-state index is 0.316. The van der Waals surface area contributed by atoms with Crippen LogP contribution in [0.3, 0.4) is 0 Å². The first-order valence-electron chi connectivity index (χ1n) is 6.14. The molecule has 0 fully saturated rings. The van der Waals surface area contributed by atoms with Gasteiger partial charge in [0, 0.05) is 23.4 Å². The van der Waals surface area contributed by atoms with Crippen molar-refractivity contribution in [1.29, 1.82) is 0 Å². The lowest BCUT2D eigenvalue weighted by atomic mass is 10.2. The molecule has 19 heavy (non-hydrogen) atoms. The number of thioether (sulfide) groups is 1. The average Bonchev–Trinajstić information content (AvgIpc) is 2.33. The number of benzene rings is 1. The van der Waals surface area contributed by atoms with E-state index in [1.54, 1.807) is 18.2 Å². The quantitative estimate of drug-likeness (QED) is 0.748. The highest BCUT2D eigenvalue weighted by molar-refractivity contribution is 7.98. The highest BCUT2D eigenvalue weighted by Crippen LogP contribution is 2.23. The molecule has 0 amide bonds. The molecule has 0 unspecified atom stereocenters. The minimum atomic E-state index is -3.24. The first kappa shape index (κ1) is 16.8. The Bertz CT molecular complexity index is 503. The van der Waals surface area contributed by atoms with Crippen molar-refractivity contribution >= 4 is 33.2 Å². The van der Waals surface area contributed by atoms with Crippen LogP contribution in [0.5, 0.6) is 0 Å². The fourth-order valence-corrected chi connectivity index (χ4v) is 3.51. The van der Waals surface area contributed by atoms with E-state index in [4.69, 9.17) is 11.6 Å². The second-order valence-electron chi connectivity index (χ2n) is 4.37. The van der Waals surface area contributed by atoms with E-state index in [0.29, 0.717) is 22.0 Å². The van der Waals surface area contributed by atoms with Crippen LogP contribution in [0.25, 0.3) is 0 Å². The van der Waals surface area contributed by atoms with E-state index in [0.717, 1.165) is 25.1 Å². The van der Waals surface area contributed by atoms with Crippen LogP contribution in [0.15, 0.2) is 23.1 Å². The van der Waals surface area contributed by atoms with Gasteiger partial charge >= 0.3 is 0 Å². The lowest BCUT2D eigenvalue weighted by molar-refractivity contribution is 0.597. The molecule has 0 spiro atoms. The summed E-state index contributed by atoms with van der Waals surface area (Å²) in [5.41, 5.74) is 0.663. The molecule has 1 aromatic carbocycles. The van der Waals surface area contributed by atoms with E-state index in [-0.39, 0.29) is 0 Å². The first-order chi connectivity index (χ1) is 8.96. The first-order valence-corrected chi connectivity index (χ1v) is 9.80. The van der Waals surface area contributed by atoms with Gasteiger partial charge in [-0.2, -0.15) is 11.8 Å². The zero-order chi connectivity index (χ0) is 14.3. The molecule has 1 aromatic rings. The van der Waals surface area contributed by atoms with Gasteiger partial charge in [-0.05, 0) is 43.5 Å². The number of sulfone groups is 1. The lowest BCUT2D eigenvalue weighted by Gasteiger charge is -2.11. The van der Waals surface area contributed by atoms with Gasteiger partial charge in [-0.15, -0.1) is 0 Å². The number of halogens is 1. The van der Waals surface area contributed by atoms with Crippen LogP contribution in [-0.4, -0.2) is 33.2 Å². The normalized spacial score (nSPS) is 11.7. The Labute approximate surface area is 125 Å². The van der Waals surface area contributed by atoms with Crippen LogP contribution < -0.4 is 5.32 Å². The van der Waals surface area contributed by atoms with Gasteiger partial charge in [0.25, 0.3) is 0 Å². The molecule has 0 heterocycles. The van der Waals surface area contributed by atoms with Gasteiger partial charge in [0.2, 0.25) is 0 Å². The van der Waals surface area contributed by atoms with Crippen LogP contribution in [0.4, 0.5) is 0 Å². The smallest absolute Gasteiger partial charge is 0.175 e. The zero-order valence-electron chi connectivity index (χ0n) is 11.3. The van der Waals surface area contributed by atoms with Crippen LogP contribution >= 0.6 is 23.4 Å². The summed E-state index contributed by atoms with van der Waals surface area (Å²) >= 11 is 7.93. The molecule has 6 heteroatoms. The number of hydrogen-bond donors (Lipinski definition) is 1. The summed E-state index contributed by atoms with van der Waals surface area (Å²) in [6.07, 6.45) is 5.55. The molecule has 0 aromatic heterocycles. The second kappa shape index (κ2) is 8.15. The molecule has 0 aliphatic carbocycles. The molecule has 0 atom stereocenters. The Hall–Kier alpha value is -0.230. The lowest BCUT2D eigenvalue weighted by Crippen LogP contribution is -2.17. The third kappa shape index (κ3) is 5.73. The molecule has 1 rings (SSSR count). The summed E-state index contributed by atoms with van der Waals surface area (Å²) < 4.78 is 23.4. The van der Waals surface area contributed by atoms with Gasteiger partial charge in [-0.25, -0.2) is 8.42 Å². The fraction of sp³-hybridized carbons (Fsp3) is 0.538. The molecular weight excluding hydrogens is 302 g/mol. The summed E-state index contributed by atoms with van der Waals surface area (Å²) in [4.78, 5) is 0.316. The van der Waals surface area contributed by atoms with E-state index in [1.807, 2.05) is 11.8 Å². The molecule has 0 radical (unpaired) electrons. The number of hydrogen-bond acceptors (Lipinski definition) is 4. The Morgan fingerprint density at radius 3 is 2.68 bits per heavy atom. The van der Waals surface area contributed by atoms with E-state index < -0.39 is 9.84 Å². The Balaban J connectivity index is 2.63. The summed E-state index contributed by atoms with van der Waals surface area (Å²) in [6, 6.07) is 4.99. The molecule has 0 saturated heterocycles. The van der Waals surface area contributed by atoms with E-state index in [1.165, 1.54) is 6.26 Å². The predicted molar refractivity (Wildman–Crippen MR) is 83.9 cm³/mol. The molecule has 0 saturated carbocycles. The molecule has 3 nitrogen and oxygen atoms in total. The van der Waals surface area contributed by atoms with Crippen LogP contribution in [0.1, 0.15) is 18.4 Å². The molecular formula is C13H20ClNO2S2. The van der Waals surface area contributed by atoms with E-state index in [9.17, 15) is 8.42 Å². The molecule has 0 aliphatic heterocycles. The third-order valence-electron chi connectivity index (χ3n) is 2.73. The summed E-state index contributed by atoms with van der Waals surface area (Å²) in [5, 5.41) is 3.76. The molecule has 0 bridgehead atoms. The topological polar surface area (TPSA) is 46.2 Å². The Morgan fingerprint density at radius 1 is 1.32 bits per heavy atom. The fourth-order valence-electron chi connectivity index (χ4n) is 1.77. The summed E-state index contributed by atoms with van der Waals surface area (Å²) in [6.45, 7) is 1.36. The molecule has 1 N–H and O–H groups in total. The maximum Gasteiger partial charge on any atom is 0.175 e. The van der Waals surface area contributed by atoms with E-state index >= 15 is 0 Å². The molecule has 108 valence electrons. The van der Waals surface area contributed by atoms with Gasteiger partial charge < -0.3 is 5.32 Å². The maximum atomic E-state index is 11.7.